The number of halogens is 2. The minimum atomic E-state index is -0.664. The van der Waals surface area contributed by atoms with Crippen LogP contribution in [0.2, 0.25) is 10.0 Å². The number of carbonyl (C=O) groups is 2. The Morgan fingerprint density at radius 3 is 1.45 bits per heavy atom. The predicted molar refractivity (Wildman–Crippen MR) is 164 cm³/mol. The van der Waals surface area contributed by atoms with Gasteiger partial charge in [-0.3, -0.25) is 9.59 Å². The van der Waals surface area contributed by atoms with Gasteiger partial charge in [0.25, 0.3) is 11.8 Å². The Bertz CT molecular complexity index is 1560. The zero-order chi connectivity index (χ0) is 30.6. The Morgan fingerprint density at radius 1 is 0.714 bits per heavy atom. The van der Waals surface area contributed by atoms with Crippen molar-refractivity contribution in [1.29, 1.82) is 0 Å². The molecule has 0 aliphatic rings. The molecule has 0 bridgehead atoms. The van der Waals surface area contributed by atoms with Crippen molar-refractivity contribution in [2.24, 2.45) is 32.3 Å². The number of nitrogens with zero attached hydrogens (tertiary/aromatic N) is 6. The molecule has 0 unspecified atom stereocenters. The zero-order valence-corrected chi connectivity index (χ0v) is 25.5. The van der Waals surface area contributed by atoms with Gasteiger partial charge in [0.2, 0.25) is 11.8 Å². The molecule has 0 fully saturated rings. The topological polar surface area (TPSA) is 134 Å². The third-order valence-corrected chi connectivity index (χ3v) is 7.35. The summed E-state index contributed by atoms with van der Waals surface area (Å²) in [5, 5.41) is 39.2. The summed E-state index contributed by atoms with van der Waals surface area (Å²) in [7, 11) is 0. The average Bonchev–Trinajstić information content (AvgIpc) is 3.34. The summed E-state index contributed by atoms with van der Waals surface area (Å²) in [5.74, 6) is -0.712. The fourth-order valence-electron chi connectivity index (χ4n) is 4.54. The minimum absolute atomic E-state index is 0.109. The first-order chi connectivity index (χ1) is 20.0. The summed E-state index contributed by atoms with van der Waals surface area (Å²) in [4.78, 5) is 24.9. The van der Waals surface area contributed by atoms with Gasteiger partial charge >= 0.3 is 0 Å². The number of hydrogen-bond acceptors (Lipinski definition) is 6. The zero-order valence-electron chi connectivity index (χ0n) is 24.0. The van der Waals surface area contributed by atoms with Crippen LogP contribution in [-0.4, -0.2) is 31.2 Å². The average molecular weight is 614 g/mol. The molecule has 10 nitrogen and oxygen atoms in total. The van der Waals surface area contributed by atoms with E-state index in [1.165, 1.54) is 0 Å². The predicted octanol–water partition coefficient (Wildman–Crippen LogP) is 9.11. The van der Waals surface area contributed by atoms with Crippen LogP contribution in [0, 0.1) is 11.8 Å². The molecule has 0 aliphatic carbocycles. The number of aromatic nitrogens is 2. The van der Waals surface area contributed by atoms with Crippen molar-refractivity contribution < 1.29 is 19.8 Å². The highest BCUT2D eigenvalue weighted by atomic mass is 35.5. The summed E-state index contributed by atoms with van der Waals surface area (Å²) in [6, 6.07) is 10.3. The van der Waals surface area contributed by atoms with E-state index < -0.39 is 11.8 Å². The second-order valence-electron chi connectivity index (χ2n) is 11.0. The van der Waals surface area contributed by atoms with Crippen LogP contribution < -0.4 is 0 Å². The number of fused-ring (bicyclic) bond motifs is 2. The molecule has 0 radical (unpaired) electrons. The molecule has 0 saturated heterocycles. The van der Waals surface area contributed by atoms with E-state index in [9.17, 15) is 19.8 Å². The maximum atomic E-state index is 12.5. The lowest BCUT2D eigenvalue weighted by Crippen LogP contribution is -2.00. The van der Waals surface area contributed by atoms with E-state index in [1.807, 2.05) is 0 Å². The van der Waals surface area contributed by atoms with E-state index in [0.29, 0.717) is 45.7 Å². The molecule has 0 spiro atoms. The molecule has 2 N–H and O–H groups in total. The van der Waals surface area contributed by atoms with Gasteiger partial charge in [-0.05, 0) is 61.1 Å². The van der Waals surface area contributed by atoms with Gasteiger partial charge in [-0.2, -0.15) is 0 Å². The normalized spacial score (nSPS) is 12.3. The summed E-state index contributed by atoms with van der Waals surface area (Å²) < 4.78 is 3.44. The van der Waals surface area contributed by atoms with E-state index in [1.54, 1.807) is 45.5 Å². The molecule has 0 saturated carbocycles. The number of rotatable bonds is 11. The Labute approximate surface area is 253 Å². The highest BCUT2D eigenvalue weighted by molar-refractivity contribution is 6.32. The molecule has 2 aromatic heterocycles. The highest BCUT2D eigenvalue weighted by Gasteiger charge is 2.19. The van der Waals surface area contributed by atoms with Gasteiger partial charge in [0.05, 0.1) is 11.0 Å². The summed E-state index contributed by atoms with van der Waals surface area (Å²) in [6.07, 6.45) is 1.14. The van der Waals surface area contributed by atoms with Gasteiger partial charge in [0.15, 0.2) is 11.4 Å². The second-order valence-corrected chi connectivity index (χ2v) is 11.9. The number of aryl methyl sites for hydroxylation is 2. The number of amides is 2. The first kappa shape index (κ1) is 31.2. The first-order valence-electron chi connectivity index (χ1n) is 13.9. The van der Waals surface area contributed by atoms with E-state index >= 15 is 0 Å². The van der Waals surface area contributed by atoms with Crippen molar-refractivity contribution in [2.75, 3.05) is 0 Å². The summed E-state index contributed by atoms with van der Waals surface area (Å²) >= 11 is 12.3. The van der Waals surface area contributed by atoms with Crippen molar-refractivity contribution >= 4 is 68.2 Å². The molecular formula is C30H34Cl2N6O4. The van der Waals surface area contributed by atoms with Gasteiger partial charge in [-0.25, -0.2) is 0 Å². The number of benzene rings is 2. The van der Waals surface area contributed by atoms with Crippen LogP contribution in [-0.2, 0) is 22.7 Å². The quantitative estimate of drug-likeness (QED) is 0.163. The van der Waals surface area contributed by atoms with Gasteiger partial charge < -0.3 is 19.3 Å². The molecule has 222 valence electrons. The van der Waals surface area contributed by atoms with Crippen LogP contribution in [0.5, 0.6) is 11.8 Å². The number of carbonyl (C=O) groups excluding carboxylic acids is 2. The van der Waals surface area contributed by atoms with Crippen molar-refractivity contribution in [3.8, 4) is 11.8 Å². The monoisotopic (exact) mass is 612 g/mol. The third-order valence-electron chi connectivity index (χ3n) is 6.88. The first-order valence-corrected chi connectivity index (χ1v) is 14.6. The van der Waals surface area contributed by atoms with Crippen LogP contribution >= 0.6 is 23.2 Å². The molecule has 0 aliphatic heterocycles. The van der Waals surface area contributed by atoms with Crippen molar-refractivity contribution in [2.45, 2.75) is 66.5 Å². The van der Waals surface area contributed by atoms with Crippen molar-refractivity contribution in [1.82, 2.24) is 9.13 Å². The standard InChI is InChI=1S/C30H34Cl2N6O4/c1-17(2)11-13-37-23-7-5-19(31)15-21(23)27(29(37)41)35-33-25(39)9-10-26(40)34-36-28-22-16-20(32)6-8-24(22)38(30(28)42)14-12-18(3)4/h5-8,15-18,41-42H,9-14H2,1-4H3. The maximum Gasteiger partial charge on any atom is 0.265 e. The third kappa shape index (κ3) is 7.17. The minimum Gasteiger partial charge on any atom is -0.493 e. The second kappa shape index (κ2) is 13.5. The fraction of sp³-hybridized carbons (Fsp3) is 0.400. The van der Waals surface area contributed by atoms with Crippen LogP contribution in [0.15, 0.2) is 56.9 Å². The van der Waals surface area contributed by atoms with Crippen LogP contribution in [0.25, 0.3) is 21.8 Å². The molecule has 4 aromatic rings. The fourth-order valence-corrected chi connectivity index (χ4v) is 4.89. The summed E-state index contributed by atoms with van der Waals surface area (Å²) in [6.45, 7) is 9.47. The molecule has 2 amide bonds. The molecule has 12 heteroatoms. The highest BCUT2D eigenvalue weighted by Crippen LogP contribution is 2.41. The van der Waals surface area contributed by atoms with E-state index in [2.05, 4.69) is 48.2 Å². The van der Waals surface area contributed by atoms with Gasteiger partial charge in [-0.15, -0.1) is 20.5 Å². The Hall–Kier alpha value is -3.76. The van der Waals surface area contributed by atoms with Crippen molar-refractivity contribution in [3.63, 3.8) is 0 Å². The Morgan fingerprint density at radius 2 is 1.10 bits per heavy atom. The molecule has 4 rings (SSSR count). The SMILES string of the molecule is CC(C)CCn1c(O)c(N=NC(=O)CCC(=O)N=Nc2c(O)n(CCC(C)C)c3ccc(Cl)cc23)c2cc(Cl)ccc21. The molecule has 0 atom stereocenters. The Kier molecular flexibility index (Phi) is 10.0. The van der Waals surface area contributed by atoms with E-state index in [4.69, 9.17) is 23.2 Å². The van der Waals surface area contributed by atoms with Gasteiger partial charge in [-0.1, -0.05) is 50.9 Å². The molecule has 2 heterocycles. The Balaban J connectivity index is 1.47. The number of hydrogen-bond donors (Lipinski definition) is 2. The lowest BCUT2D eigenvalue weighted by molar-refractivity contribution is -0.123. The van der Waals surface area contributed by atoms with Crippen LogP contribution in [0.3, 0.4) is 0 Å². The number of azo groups is 2. The smallest absolute Gasteiger partial charge is 0.265 e. The van der Waals surface area contributed by atoms with Gasteiger partial charge in [0.1, 0.15) is 0 Å². The molecule has 42 heavy (non-hydrogen) atoms. The summed E-state index contributed by atoms with van der Waals surface area (Å²) in [5.41, 5.74) is 1.73. The largest absolute Gasteiger partial charge is 0.493 e. The lowest BCUT2D eigenvalue weighted by atomic mass is 10.1. The van der Waals surface area contributed by atoms with Crippen LogP contribution in [0.1, 0.15) is 53.4 Å². The van der Waals surface area contributed by atoms with Gasteiger partial charge in [0, 0.05) is 46.7 Å². The number of aromatic hydroxyl groups is 2. The molecule has 2 aromatic carbocycles. The van der Waals surface area contributed by atoms with Crippen molar-refractivity contribution in [3.05, 3.63) is 46.4 Å². The van der Waals surface area contributed by atoms with E-state index in [0.717, 1.165) is 23.9 Å². The van der Waals surface area contributed by atoms with Crippen LogP contribution in [0.4, 0.5) is 11.4 Å². The maximum absolute atomic E-state index is 12.5. The molecular weight excluding hydrogens is 579 g/mol. The van der Waals surface area contributed by atoms with E-state index in [-0.39, 0.29) is 36.0 Å². The lowest BCUT2D eigenvalue weighted by Gasteiger charge is -2.08.